The number of nitrogens with one attached hydrogen (secondary N) is 1. The first-order chi connectivity index (χ1) is 8.16. The summed E-state index contributed by atoms with van der Waals surface area (Å²) in [6, 6.07) is 11.8. The van der Waals surface area contributed by atoms with Gasteiger partial charge in [0.1, 0.15) is 5.82 Å². The van der Waals surface area contributed by atoms with Gasteiger partial charge in [-0.15, -0.1) is 0 Å². The van der Waals surface area contributed by atoms with Crippen LogP contribution in [0, 0.1) is 5.82 Å². The van der Waals surface area contributed by atoms with Crippen LogP contribution in [-0.2, 0) is 6.54 Å². The van der Waals surface area contributed by atoms with E-state index in [-0.39, 0.29) is 5.82 Å². The summed E-state index contributed by atoms with van der Waals surface area (Å²) in [6.07, 6.45) is 0. The molecule has 0 bridgehead atoms. The van der Waals surface area contributed by atoms with Crippen molar-refractivity contribution in [1.29, 1.82) is 0 Å². The quantitative estimate of drug-likeness (QED) is 0.816. The highest BCUT2D eigenvalue weighted by atomic mass is 35.5. The lowest BCUT2D eigenvalue weighted by Gasteiger charge is -2.09. The summed E-state index contributed by atoms with van der Waals surface area (Å²) in [5, 5.41) is 3.60. The van der Waals surface area contributed by atoms with Crippen LogP contribution in [0.4, 0.5) is 15.8 Å². The molecule has 2 aromatic rings. The van der Waals surface area contributed by atoms with Crippen LogP contribution in [0.25, 0.3) is 0 Å². The van der Waals surface area contributed by atoms with Gasteiger partial charge in [0.05, 0.1) is 10.7 Å². The number of halogens is 2. The first-order valence-electron chi connectivity index (χ1n) is 5.19. The summed E-state index contributed by atoms with van der Waals surface area (Å²) in [7, 11) is 0. The lowest BCUT2D eigenvalue weighted by Crippen LogP contribution is -2.02. The molecule has 0 amide bonds. The van der Waals surface area contributed by atoms with Gasteiger partial charge in [-0.1, -0.05) is 29.8 Å². The highest BCUT2D eigenvalue weighted by Gasteiger charge is 2.03. The molecule has 3 N–H and O–H groups in total. The van der Waals surface area contributed by atoms with E-state index in [0.29, 0.717) is 22.8 Å². The molecule has 2 aromatic carbocycles. The zero-order valence-corrected chi connectivity index (χ0v) is 9.84. The average molecular weight is 251 g/mol. The molecule has 88 valence electrons. The van der Waals surface area contributed by atoms with Gasteiger partial charge in [-0.25, -0.2) is 4.39 Å². The molecule has 17 heavy (non-hydrogen) atoms. The molecule has 4 heteroatoms. The van der Waals surface area contributed by atoms with Crippen molar-refractivity contribution in [3.63, 3.8) is 0 Å². The molecule has 0 heterocycles. The molecule has 2 nitrogen and oxygen atoms in total. The minimum atomic E-state index is -0.230. The fourth-order valence-corrected chi connectivity index (χ4v) is 1.76. The summed E-state index contributed by atoms with van der Waals surface area (Å²) in [6.45, 7) is 0.385. The second-order valence-electron chi connectivity index (χ2n) is 3.68. The zero-order valence-electron chi connectivity index (χ0n) is 9.08. The molecule has 0 spiro atoms. The van der Waals surface area contributed by atoms with E-state index in [9.17, 15) is 4.39 Å². The molecule has 0 aliphatic carbocycles. The molecule has 0 fully saturated rings. The third kappa shape index (κ3) is 2.88. The van der Waals surface area contributed by atoms with Crippen LogP contribution in [0.3, 0.4) is 0 Å². The Morgan fingerprint density at radius 1 is 1.18 bits per heavy atom. The number of hydrogen-bond acceptors (Lipinski definition) is 2. The van der Waals surface area contributed by atoms with Crippen molar-refractivity contribution >= 4 is 23.0 Å². The number of benzene rings is 2. The van der Waals surface area contributed by atoms with Crippen LogP contribution in [0.5, 0.6) is 0 Å². The van der Waals surface area contributed by atoms with Crippen LogP contribution in [0.15, 0.2) is 42.5 Å². The molecule has 0 saturated carbocycles. The van der Waals surface area contributed by atoms with E-state index in [1.165, 1.54) is 6.07 Å². The molecule has 0 unspecified atom stereocenters. The van der Waals surface area contributed by atoms with E-state index in [4.69, 9.17) is 17.3 Å². The molecule has 0 aliphatic heterocycles. The third-order valence-corrected chi connectivity index (χ3v) is 2.73. The van der Waals surface area contributed by atoms with Crippen molar-refractivity contribution in [2.45, 2.75) is 6.54 Å². The van der Waals surface area contributed by atoms with Gasteiger partial charge in [-0.3, -0.25) is 0 Å². The van der Waals surface area contributed by atoms with Crippen LogP contribution < -0.4 is 11.1 Å². The van der Waals surface area contributed by atoms with Gasteiger partial charge in [0.25, 0.3) is 0 Å². The number of anilines is 2. The maximum Gasteiger partial charge on any atom is 0.128 e. The number of rotatable bonds is 3. The summed E-state index contributed by atoms with van der Waals surface area (Å²) in [5.74, 6) is -0.230. The SMILES string of the molecule is Nc1ccc(NCc2ccccc2F)c(Cl)c1. The van der Waals surface area contributed by atoms with Gasteiger partial charge in [0.15, 0.2) is 0 Å². The molecule has 0 radical (unpaired) electrons. The number of nitrogens with two attached hydrogens (primary N) is 1. The van der Waals surface area contributed by atoms with Gasteiger partial charge in [-0.2, -0.15) is 0 Å². The maximum absolute atomic E-state index is 13.4. The number of hydrogen-bond donors (Lipinski definition) is 2. The standard InChI is InChI=1S/C13H12ClFN2/c14-11-7-10(16)5-6-13(11)17-8-9-3-1-2-4-12(9)15/h1-7,17H,8,16H2. The Kier molecular flexibility index (Phi) is 3.49. The van der Waals surface area contributed by atoms with E-state index >= 15 is 0 Å². The second kappa shape index (κ2) is 5.06. The minimum Gasteiger partial charge on any atom is -0.399 e. The van der Waals surface area contributed by atoms with Gasteiger partial charge in [0.2, 0.25) is 0 Å². The highest BCUT2D eigenvalue weighted by Crippen LogP contribution is 2.24. The van der Waals surface area contributed by atoms with E-state index in [1.54, 1.807) is 36.4 Å². The van der Waals surface area contributed by atoms with E-state index in [1.807, 2.05) is 0 Å². The minimum absolute atomic E-state index is 0.230. The highest BCUT2D eigenvalue weighted by molar-refractivity contribution is 6.33. The van der Waals surface area contributed by atoms with Crippen LogP contribution >= 0.6 is 11.6 Å². The van der Waals surface area contributed by atoms with Gasteiger partial charge in [0, 0.05) is 17.8 Å². The van der Waals surface area contributed by atoms with Gasteiger partial charge in [-0.05, 0) is 24.3 Å². The lowest BCUT2D eigenvalue weighted by molar-refractivity contribution is 0.613. The molecular weight excluding hydrogens is 239 g/mol. The Hall–Kier alpha value is -1.74. The Labute approximate surface area is 104 Å². The van der Waals surface area contributed by atoms with E-state index < -0.39 is 0 Å². The predicted octanol–water partition coefficient (Wildman–Crippen LogP) is 3.67. The maximum atomic E-state index is 13.4. The van der Waals surface area contributed by atoms with Crippen molar-refractivity contribution in [2.24, 2.45) is 0 Å². The van der Waals surface area contributed by atoms with Crippen molar-refractivity contribution in [2.75, 3.05) is 11.1 Å². The van der Waals surface area contributed by atoms with Crippen molar-refractivity contribution in [3.8, 4) is 0 Å². The first-order valence-corrected chi connectivity index (χ1v) is 5.57. The van der Waals surface area contributed by atoms with Gasteiger partial charge < -0.3 is 11.1 Å². The fourth-order valence-electron chi connectivity index (χ4n) is 1.51. The largest absolute Gasteiger partial charge is 0.399 e. The molecule has 0 saturated heterocycles. The van der Waals surface area contributed by atoms with Crippen molar-refractivity contribution < 1.29 is 4.39 Å². The van der Waals surface area contributed by atoms with Crippen LogP contribution in [0.2, 0.25) is 5.02 Å². The molecule has 2 rings (SSSR count). The third-order valence-electron chi connectivity index (χ3n) is 2.42. The summed E-state index contributed by atoms with van der Waals surface area (Å²) < 4.78 is 13.4. The summed E-state index contributed by atoms with van der Waals surface area (Å²) in [4.78, 5) is 0. The fraction of sp³-hybridized carbons (Fsp3) is 0.0769. The first kappa shape index (κ1) is 11.7. The average Bonchev–Trinajstić information content (AvgIpc) is 2.30. The molecular formula is C13H12ClFN2. The Morgan fingerprint density at radius 2 is 1.94 bits per heavy atom. The van der Waals surface area contributed by atoms with Crippen LogP contribution in [-0.4, -0.2) is 0 Å². The number of nitrogen functional groups attached to an aromatic ring is 1. The predicted molar refractivity (Wildman–Crippen MR) is 69.6 cm³/mol. The normalized spacial score (nSPS) is 10.2. The van der Waals surface area contributed by atoms with Crippen molar-refractivity contribution in [1.82, 2.24) is 0 Å². The van der Waals surface area contributed by atoms with E-state index in [2.05, 4.69) is 5.32 Å². The molecule has 0 aromatic heterocycles. The van der Waals surface area contributed by atoms with Crippen LogP contribution in [0.1, 0.15) is 5.56 Å². The monoisotopic (exact) mass is 250 g/mol. The smallest absolute Gasteiger partial charge is 0.128 e. The summed E-state index contributed by atoms with van der Waals surface area (Å²) >= 11 is 6.00. The van der Waals surface area contributed by atoms with Gasteiger partial charge >= 0.3 is 0 Å². The lowest BCUT2D eigenvalue weighted by atomic mass is 10.2. The molecule has 0 aliphatic rings. The topological polar surface area (TPSA) is 38.0 Å². The zero-order chi connectivity index (χ0) is 12.3. The van der Waals surface area contributed by atoms with Crippen molar-refractivity contribution in [3.05, 3.63) is 58.9 Å². The van der Waals surface area contributed by atoms with E-state index in [0.717, 1.165) is 5.69 Å². The summed E-state index contributed by atoms with van der Waals surface area (Å²) in [5.41, 5.74) is 7.53. The Morgan fingerprint density at radius 3 is 2.65 bits per heavy atom. The Balaban J connectivity index is 2.10. The Bertz CT molecular complexity index is 529. The second-order valence-corrected chi connectivity index (χ2v) is 4.09. The molecule has 0 atom stereocenters.